The van der Waals surface area contributed by atoms with Gasteiger partial charge < -0.3 is 10.2 Å². The van der Waals surface area contributed by atoms with Gasteiger partial charge in [0.25, 0.3) is 10.0 Å². The number of nitrogens with zero attached hydrogens (tertiary/aromatic N) is 2. The van der Waals surface area contributed by atoms with Crippen molar-refractivity contribution in [3.63, 3.8) is 0 Å². The van der Waals surface area contributed by atoms with Crippen LogP contribution in [0, 0.1) is 0 Å². The van der Waals surface area contributed by atoms with Crippen molar-refractivity contribution in [1.82, 2.24) is 10.2 Å². The molecule has 0 radical (unpaired) electrons. The Morgan fingerprint density at radius 3 is 1.93 bits per heavy atom. The molecule has 7 nitrogen and oxygen atoms in total. The molecule has 1 unspecified atom stereocenters. The Labute approximate surface area is 262 Å². The smallest absolute Gasteiger partial charge is 0.264 e. The lowest BCUT2D eigenvalue weighted by Crippen LogP contribution is -2.53. The number of aryl methyl sites for hydroxylation is 1. The van der Waals surface area contributed by atoms with E-state index in [1.54, 1.807) is 30.3 Å². The molecule has 0 aromatic heterocycles. The lowest BCUT2D eigenvalue weighted by molar-refractivity contribution is -0.140. The molecule has 0 fully saturated rings. The van der Waals surface area contributed by atoms with E-state index in [0.29, 0.717) is 12.2 Å². The number of benzene rings is 4. The SMILES string of the molecule is CCNC(=O)C(Cc1ccccc1)N(Cc1ccc(Br)cc1)C(=O)CN(c1ccc(CC)cc1)S(=O)(=O)c1ccccc1. The summed E-state index contributed by atoms with van der Waals surface area (Å²) in [6.07, 6.45) is 1.06. The van der Waals surface area contributed by atoms with Gasteiger partial charge in [0.1, 0.15) is 12.6 Å². The summed E-state index contributed by atoms with van der Waals surface area (Å²) in [5.41, 5.74) is 3.11. The number of sulfonamides is 1. The number of likely N-dealkylation sites (N-methyl/N-ethyl adjacent to an activating group) is 1. The number of carbonyl (C=O) groups is 2. The molecule has 0 heterocycles. The Kier molecular flexibility index (Phi) is 11.1. The Morgan fingerprint density at radius 1 is 0.767 bits per heavy atom. The van der Waals surface area contributed by atoms with Gasteiger partial charge in [-0.1, -0.05) is 95.7 Å². The summed E-state index contributed by atoms with van der Waals surface area (Å²) >= 11 is 3.45. The van der Waals surface area contributed by atoms with Gasteiger partial charge >= 0.3 is 0 Å². The third-order valence-corrected chi connectivity index (χ3v) is 9.45. The van der Waals surface area contributed by atoms with E-state index in [0.717, 1.165) is 31.9 Å². The quantitative estimate of drug-likeness (QED) is 0.191. The van der Waals surface area contributed by atoms with Gasteiger partial charge in [0, 0.05) is 24.0 Å². The fourth-order valence-corrected chi connectivity index (χ4v) is 6.48. The first-order chi connectivity index (χ1) is 20.7. The first-order valence-corrected chi connectivity index (χ1v) is 16.5. The molecule has 0 aliphatic rings. The molecule has 4 aromatic carbocycles. The second kappa shape index (κ2) is 15.0. The van der Waals surface area contributed by atoms with Crippen LogP contribution >= 0.6 is 15.9 Å². The van der Waals surface area contributed by atoms with Crippen LogP contribution in [0.4, 0.5) is 5.69 Å². The highest BCUT2D eigenvalue weighted by atomic mass is 79.9. The summed E-state index contributed by atoms with van der Waals surface area (Å²) in [5, 5.41) is 2.88. The first kappa shape index (κ1) is 32.0. The van der Waals surface area contributed by atoms with Gasteiger partial charge in [-0.3, -0.25) is 13.9 Å². The highest BCUT2D eigenvalue weighted by Crippen LogP contribution is 2.26. The van der Waals surface area contributed by atoms with Crippen LogP contribution in [0.25, 0.3) is 0 Å². The van der Waals surface area contributed by atoms with Crippen molar-refractivity contribution in [3.8, 4) is 0 Å². The molecule has 0 saturated heterocycles. The topological polar surface area (TPSA) is 86.8 Å². The van der Waals surface area contributed by atoms with Crippen molar-refractivity contribution < 1.29 is 18.0 Å². The molecular formula is C34H36BrN3O4S. The molecule has 43 heavy (non-hydrogen) atoms. The van der Waals surface area contributed by atoms with Gasteiger partial charge in [0.15, 0.2) is 0 Å². The van der Waals surface area contributed by atoms with Crippen molar-refractivity contribution in [2.24, 2.45) is 0 Å². The summed E-state index contributed by atoms with van der Waals surface area (Å²) in [6, 6.07) is 31.4. The fraction of sp³-hybridized carbons (Fsp3) is 0.235. The van der Waals surface area contributed by atoms with E-state index in [2.05, 4.69) is 21.2 Å². The molecule has 9 heteroatoms. The van der Waals surface area contributed by atoms with Crippen LogP contribution in [0.15, 0.2) is 119 Å². The average molecular weight is 663 g/mol. The van der Waals surface area contributed by atoms with Gasteiger partial charge in [-0.25, -0.2) is 8.42 Å². The second-order valence-electron chi connectivity index (χ2n) is 10.1. The van der Waals surface area contributed by atoms with E-state index in [4.69, 9.17) is 0 Å². The number of hydrogen-bond donors (Lipinski definition) is 1. The van der Waals surface area contributed by atoms with Crippen molar-refractivity contribution in [3.05, 3.63) is 130 Å². The molecule has 0 aliphatic carbocycles. The van der Waals surface area contributed by atoms with Crippen LogP contribution in [-0.4, -0.2) is 44.3 Å². The Balaban J connectivity index is 1.78. The van der Waals surface area contributed by atoms with Gasteiger partial charge in [0.2, 0.25) is 11.8 Å². The third-order valence-electron chi connectivity index (χ3n) is 7.13. The molecule has 224 valence electrons. The lowest BCUT2D eigenvalue weighted by Gasteiger charge is -2.34. The van der Waals surface area contributed by atoms with E-state index >= 15 is 0 Å². The van der Waals surface area contributed by atoms with Gasteiger partial charge in [-0.2, -0.15) is 0 Å². The number of hydrogen-bond acceptors (Lipinski definition) is 4. The number of anilines is 1. The van der Waals surface area contributed by atoms with Crippen LogP contribution in [0.1, 0.15) is 30.5 Å². The summed E-state index contributed by atoms with van der Waals surface area (Å²) in [4.78, 5) is 29.5. The minimum absolute atomic E-state index is 0.0754. The van der Waals surface area contributed by atoms with E-state index < -0.39 is 28.5 Å². The summed E-state index contributed by atoms with van der Waals surface area (Å²) < 4.78 is 30.0. The molecular weight excluding hydrogens is 626 g/mol. The number of nitrogens with one attached hydrogen (secondary N) is 1. The molecule has 2 amide bonds. The summed E-state index contributed by atoms with van der Waals surface area (Å²) in [5.74, 6) is -0.796. The van der Waals surface area contributed by atoms with Gasteiger partial charge in [-0.05, 0) is 66.4 Å². The van der Waals surface area contributed by atoms with Gasteiger partial charge in [0.05, 0.1) is 10.6 Å². The van der Waals surface area contributed by atoms with Crippen LogP contribution < -0.4 is 9.62 Å². The largest absolute Gasteiger partial charge is 0.355 e. The van der Waals surface area contributed by atoms with E-state index in [9.17, 15) is 18.0 Å². The molecule has 4 aromatic rings. The zero-order valence-electron chi connectivity index (χ0n) is 24.3. The number of amides is 2. The van der Waals surface area contributed by atoms with Crippen LogP contribution in [-0.2, 0) is 39.0 Å². The average Bonchev–Trinajstić information content (AvgIpc) is 3.03. The maximum absolute atomic E-state index is 14.4. The maximum atomic E-state index is 14.4. The summed E-state index contributed by atoms with van der Waals surface area (Å²) in [6.45, 7) is 3.87. The zero-order valence-corrected chi connectivity index (χ0v) is 26.7. The fourth-order valence-electron chi connectivity index (χ4n) is 4.78. The van der Waals surface area contributed by atoms with Crippen LogP contribution in [0.2, 0.25) is 0 Å². The molecule has 0 bridgehead atoms. The predicted octanol–water partition coefficient (Wildman–Crippen LogP) is 5.98. The van der Waals surface area contributed by atoms with Crippen molar-refractivity contribution in [2.45, 2.75) is 44.2 Å². The Bertz CT molecular complexity index is 1600. The molecule has 0 spiro atoms. The Hall–Kier alpha value is -3.95. The van der Waals surface area contributed by atoms with Crippen LogP contribution in [0.3, 0.4) is 0 Å². The standard InChI is InChI=1S/C34H36BrN3O4S/c1-3-26-17-21-30(22-18-26)38(43(41,42)31-13-9-6-10-14-31)25-33(39)37(24-28-15-19-29(35)20-16-28)32(34(40)36-4-2)23-27-11-7-5-8-12-27/h5-22,32H,3-4,23-25H2,1-2H3,(H,36,40). The normalized spacial score (nSPS) is 11.9. The highest BCUT2D eigenvalue weighted by Gasteiger charge is 2.34. The van der Waals surface area contributed by atoms with Crippen molar-refractivity contribution >= 4 is 43.5 Å². The minimum atomic E-state index is -4.12. The van der Waals surface area contributed by atoms with Crippen molar-refractivity contribution in [2.75, 3.05) is 17.4 Å². The number of carbonyl (C=O) groups excluding carboxylic acids is 2. The monoisotopic (exact) mass is 661 g/mol. The molecule has 0 saturated carbocycles. The predicted molar refractivity (Wildman–Crippen MR) is 174 cm³/mol. The maximum Gasteiger partial charge on any atom is 0.264 e. The minimum Gasteiger partial charge on any atom is -0.355 e. The molecule has 1 atom stereocenters. The summed E-state index contributed by atoms with van der Waals surface area (Å²) in [7, 11) is -4.12. The lowest BCUT2D eigenvalue weighted by atomic mass is 10.0. The third kappa shape index (κ3) is 8.33. The first-order valence-electron chi connectivity index (χ1n) is 14.2. The zero-order chi connectivity index (χ0) is 30.8. The molecule has 0 aliphatic heterocycles. The van der Waals surface area contributed by atoms with Crippen LogP contribution in [0.5, 0.6) is 0 Å². The molecule has 4 rings (SSSR count). The van der Waals surface area contributed by atoms with E-state index in [-0.39, 0.29) is 23.8 Å². The van der Waals surface area contributed by atoms with Crippen molar-refractivity contribution in [1.29, 1.82) is 0 Å². The van der Waals surface area contributed by atoms with Gasteiger partial charge in [-0.15, -0.1) is 0 Å². The number of halogens is 1. The van der Waals surface area contributed by atoms with E-state index in [1.807, 2.05) is 80.6 Å². The second-order valence-corrected chi connectivity index (χ2v) is 12.9. The molecule has 1 N–H and O–H groups in total. The van der Waals surface area contributed by atoms with E-state index in [1.165, 1.54) is 17.0 Å². The Morgan fingerprint density at radius 2 is 1.35 bits per heavy atom. The number of rotatable bonds is 13. The highest BCUT2D eigenvalue weighted by molar-refractivity contribution is 9.10.